The van der Waals surface area contributed by atoms with Gasteiger partial charge in [-0.1, -0.05) is 32.0 Å². The van der Waals surface area contributed by atoms with Gasteiger partial charge in [-0.05, 0) is 35.7 Å². The highest BCUT2D eigenvalue weighted by atomic mass is 14.9. The van der Waals surface area contributed by atoms with Crippen LogP contribution in [0.5, 0.6) is 0 Å². The molecule has 2 aromatic carbocycles. The van der Waals surface area contributed by atoms with Crippen LogP contribution in [0.15, 0.2) is 42.5 Å². The molecular weight excluding hydrogens is 234 g/mol. The highest BCUT2D eigenvalue weighted by Crippen LogP contribution is 2.24. The van der Waals surface area contributed by atoms with Gasteiger partial charge in [0.2, 0.25) is 0 Å². The highest BCUT2D eigenvalue weighted by Gasteiger charge is 2.07. The van der Waals surface area contributed by atoms with Crippen molar-refractivity contribution >= 4 is 16.7 Å². The van der Waals surface area contributed by atoms with E-state index in [1.165, 1.54) is 5.56 Å². The predicted molar refractivity (Wildman–Crippen MR) is 80.0 cm³/mol. The van der Waals surface area contributed by atoms with Crippen molar-refractivity contribution in [3.63, 3.8) is 0 Å². The summed E-state index contributed by atoms with van der Waals surface area (Å²) in [6, 6.07) is 14.2. The van der Waals surface area contributed by atoms with Gasteiger partial charge in [-0.2, -0.15) is 0 Å². The van der Waals surface area contributed by atoms with E-state index >= 15 is 0 Å². The lowest BCUT2D eigenvalue weighted by Crippen LogP contribution is -1.88. The fourth-order valence-corrected chi connectivity index (χ4v) is 2.20. The molecule has 3 N–H and O–H groups in total. The monoisotopic (exact) mass is 251 g/mol. The van der Waals surface area contributed by atoms with E-state index in [-0.39, 0.29) is 0 Å². The summed E-state index contributed by atoms with van der Waals surface area (Å²) in [5.41, 5.74) is 10.9. The summed E-state index contributed by atoms with van der Waals surface area (Å²) in [5.74, 6) is 1.41. The van der Waals surface area contributed by atoms with E-state index < -0.39 is 0 Å². The predicted octanol–water partition coefficient (Wildman–Crippen LogP) is 3.94. The average Bonchev–Trinajstić information content (AvgIpc) is 2.81. The highest BCUT2D eigenvalue weighted by molar-refractivity contribution is 5.82. The van der Waals surface area contributed by atoms with E-state index in [4.69, 9.17) is 5.73 Å². The zero-order valence-corrected chi connectivity index (χ0v) is 11.1. The molecule has 1 aromatic heterocycles. The van der Waals surface area contributed by atoms with Gasteiger partial charge in [-0.15, -0.1) is 0 Å². The van der Waals surface area contributed by atoms with Crippen molar-refractivity contribution in [3.8, 4) is 11.4 Å². The topological polar surface area (TPSA) is 54.7 Å². The quantitative estimate of drug-likeness (QED) is 0.678. The van der Waals surface area contributed by atoms with Crippen LogP contribution in [-0.2, 0) is 0 Å². The van der Waals surface area contributed by atoms with Gasteiger partial charge in [0.15, 0.2) is 0 Å². The Labute approximate surface area is 112 Å². The first-order valence-electron chi connectivity index (χ1n) is 6.49. The van der Waals surface area contributed by atoms with E-state index in [0.717, 1.165) is 28.1 Å². The van der Waals surface area contributed by atoms with Crippen molar-refractivity contribution in [2.75, 3.05) is 5.73 Å². The number of anilines is 1. The number of nitrogens with one attached hydrogen (secondary N) is 1. The van der Waals surface area contributed by atoms with Gasteiger partial charge in [0, 0.05) is 11.3 Å². The molecule has 0 aliphatic rings. The molecule has 0 radical (unpaired) electrons. The lowest BCUT2D eigenvalue weighted by molar-refractivity contribution is 0.867. The molecule has 0 fully saturated rings. The Morgan fingerprint density at radius 2 is 1.95 bits per heavy atom. The van der Waals surface area contributed by atoms with Crippen LogP contribution in [0.4, 0.5) is 5.69 Å². The van der Waals surface area contributed by atoms with Gasteiger partial charge < -0.3 is 10.7 Å². The van der Waals surface area contributed by atoms with Crippen LogP contribution in [0.2, 0.25) is 0 Å². The minimum atomic E-state index is 0.514. The number of nitrogens with zero attached hydrogens (tertiary/aromatic N) is 1. The van der Waals surface area contributed by atoms with E-state index in [9.17, 15) is 0 Å². The fourth-order valence-electron chi connectivity index (χ4n) is 2.20. The van der Waals surface area contributed by atoms with E-state index in [1.54, 1.807) is 0 Å². The second-order valence-corrected chi connectivity index (χ2v) is 5.14. The van der Waals surface area contributed by atoms with Crippen LogP contribution in [-0.4, -0.2) is 9.97 Å². The summed E-state index contributed by atoms with van der Waals surface area (Å²) in [6.07, 6.45) is 0. The largest absolute Gasteiger partial charge is 0.399 e. The zero-order valence-electron chi connectivity index (χ0n) is 11.1. The second kappa shape index (κ2) is 4.43. The Balaban J connectivity index is 2.11. The molecule has 3 rings (SSSR count). The number of hydrogen-bond donors (Lipinski definition) is 2. The number of aromatic amines is 1. The Morgan fingerprint density at radius 3 is 2.74 bits per heavy atom. The molecule has 19 heavy (non-hydrogen) atoms. The molecular formula is C16H17N3. The Morgan fingerprint density at radius 1 is 1.11 bits per heavy atom. The van der Waals surface area contributed by atoms with E-state index in [1.807, 2.05) is 18.2 Å². The maximum Gasteiger partial charge on any atom is 0.138 e. The van der Waals surface area contributed by atoms with Crippen molar-refractivity contribution in [1.82, 2.24) is 9.97 Å². The molecule has 0 aliphatic carbocycles. The van der Waals surface area contributed by atoms with Crippen LogP contribution in [0.3, 0.4) is 0 Å². The Bertz CT molecular complexity index is 726. The van der Waals surface area contributed by atoms with Crippen LogP contribution in [0.25, 0.3) is 22.4 Å². The van der Waals surface area contributed by atoms with Gasteiger partial charge >= 0.3 is 0 Å². The van der Waals surface area contributed by atoms with Gasteiger partial charge in [-0.3, -0.25) is 0 Å². The zero-order chi connectivity index (χ0) is 13.4. The maximum absolute atomic E-state index is 5.78. The summed E-state index contributed by atoms with van der Waals surface area (Å²) in [5, 5.41) is 0. The number of fused-ring (bicyclic) bond motifs is 1. The second-order valence-electron chi connectivity index (χ2n) is 5.14. The van der Waals surface area contributed by atoms with Gasteiger partial charge in [-0.25, -0.2) is 4.98 Å². The first-order valence-corrected chi connectivity index (χ1v) is 6.49. The van der Waals surface area contributed by atoms with Crippen molar-refractivity contribution in [3.05, 3.63) is 48.0 Å². The molecule has 96 valence electrons. The number of rotatable bonds is 2. The average molecular weight is 251 g/mol. The Kier molecular flexibility index (Phi) is 2.75. The molecule has 0 amide bonds. The minimum absolute atomic E-state index is 0.514. The summed E-state index contributed by atoms with van der Waals surface area (Å²) < 4.78 is 0. The number of H-pyrrole nitrogens is 1. The molecule has 0 saturated carbocycles. The number of imidazole rings is 1. The molecule has 0 unspecified atom stereocenters. The summed E-state index contributed by atoms with van der Waals surface area (Å²) in [4.78, 5) is 7.95. The normalized spacial score (nSPS) is 11.3. The van der Waals surface area contributed by atoms with Crippen LogP contribution in [0.1, 0.15) is 25.3 Å². The van der Waals surface area contributed by atoms with E-state index in [0.29, 0.717) is 5.92 Å². The maximum atomic E-state index is 5.78. The third-order valence-electron chi connectivity index (χ3n) is 3.33. The summed E-state index contributed by atoms with van der Waals surface area (Å²) in [6.45, 7) is 4.39. The van der Waals surface area contributed by atoms with Crippen LogP contribution in [0, 0.1) is 0 Å². The summed E-state index contributed by atoms with van der Waals surface area (Å²) in [7, 11) is 0. The lowest BCUT2D eigenvalue weighted by atomic mass is 10.0. The SMILES string of the molecule is CC(C)c1cccc(-c2nc3cc(N)ccc3[nH]2)c1. The van der Waals surface area contributed by atoms with Gasteiger partial charge in [0.1, 0.15) is 5.82 Å². The standard InChI is InChI=1S/C16H17N3/c1-10(2)11-4-3-5-12(8-11)16-18-14-7-6-13(17)9-15(14)19-16/h3-10H,17H2,1-2H3,(H,18,19). The molecule has 0 bridgehead atoms. The lowest BCUT2D eigenvalue weighted by Gasteiger charge is -2.06. The van der Waals surface area contributed by atoms with Crippen molar-refractivity contribution in [2.45, 2.75) is 19.8 Å². The molecule has 0 saturated heterocycles. The van der Waals surface area contributed by atoms with Gasteiger partial charge in [0.05, 0.1) is 11.0 Å². The van der Waals surface area contributed by atoms with Crippen molar-refractivity contribution < 1.29 is 0 Å². The molecule has 1 heterocycles. The minimum Gasteiger partial charge on any atom is -0.399 e. The number of nitrogen functional groups attached to an aromatic ring is 1. The van der Waals surface area contributed by atoms with Crippen LogP contribution >= 0.6 is 0 Å². The molecule has 3 aromatic rings. The first-order chi connectivity index (χ1) is 9.13. The molecule has 0 spiro atoms. The van der Waals surface area contributed by atoms with E-state index in [2.05, 4.69) is 48.1 Å². The smallest absolute Gasteiger partial charge is 0.138 e. The Hall–Kier alpha value is -2.29. The third-order valence-corrected chi connectivity index (χ3v) is 3.33. The number of aromatic nitrogens is 2. The number of benzene rings is 2. The van der Waals surface area contributed by atoms with Crippen molar-refractivity contribution in [2.24, 2.45) is 0 Å². The first kappa shape index (κ1) is 11.8. The molecule has 3 heteroatoms. The number of hydrogen-bond acceptors (Lipinski definition) is 2. The van der Waals surface area contributed by atoms with Crippen LogP contribution < -0.4 is 5.73 Å². The fraction of sp³-hybridized carbons (Fsp3) is 0.188. The van der Waals surface area contributed by atoms with Crippen molar-refractivity contribution in [1.29, 1.82) is 0 Å². The summed E-state index contributed by atoms with van der Waals surface area (Å²) >= 11 is 0. The molecule has 0 aliphatic heterocycles. The third kappa shape index (κ3) is 2.19. The number of nitrogens with two attached hydrogens (primary N) is 1. The molecule has 3 nitrogen and oxygen atoms in total. The van der Waals surface area contributed by atoms with Gasteiger partial charge in [0.25, 0.3) is 0 Å². The molecule has 0 atom stereocenters.